The zero-order valence-electron chi connectivity index (χ0n) is 16.5. The van der Waals surface area contributed by atoms with Crippen molar-refractivity contribution in [3.63, 3.8) is 0 Å². The third-order valence-electron chi connectivity index (χ3n) is 5.31. The van der Waals surface area contributed by atoms with Gasteiger partial charge < -0.3 is 30.3 Å². The van der Waals surface area contributed by atoms with E-state index < -0.39 is 18.3 Å². The topological polar surface area (TPSA) is 135 Å². The molecule has 2 atom stereocenters. The zero-order chi connectivity index (χ0) is 21.4. The third-order valence-corrected chi connectivity index (χ3v) is 5.31. The van der Waals surface area contributed by atoms with E-state index in [1.807, 2.05) is 13.0 Å². The Bertz CT molecular complexity index is 647. The van der Waals surface area contributed by atoms with Crippen LogP contribution in [0.4, 0.5) is 9.18 Å². The fourth-order valence-electron chi connectivity index (χ4n) is 3.43. The first-order valence-electron chi connectivity index (χ1n) is 9.65. The van der Waals surface area contributed by atoms with Crippen molar-refractivity contribution in [2.75, 3.05) is 45.9 Å². The number of hydrogen-bond acceptors (Lipinski definition) is 7. The van der Waals surface area contributed by atoms with Crippen LogP contribution in [0.25, 0.3) is 0 Å². The van der Waals surface area contributed by atoms with Gasteiger partial charge in [0.05, 0.1) is 25.8 Å². The van der Waals surface area contributed by atoms with Crippen LogP contribution in [0.1, 0.15) is 26.2 Å². The van der Waals surface area contributed by atoms with E-state index in [-0.39, 0.29) is 56.6 Å². The van der Waals surface area contributed by atoms with Crippen molar-refractivity contribution in [1.82, 2.24) is 20.4 Å². The van der Waals surface area contributed by atoms with Gasteiger partial charge in [-0.1, -0.05) is 0 Å². The number of aliphatic hydroxyl groups is 1. The maximum atomic E-state index is 13.5. The molecule has 0 bridgehead atoms. The fourth-order valence-corrected chi connectivity index (χ4v) is 3.43. The number of piperidine rings is 1. The van der Waals surface area contributed by atoms with Crippen molar-refractivity contribution in [3.8, 4) is 6.07 Å². The molecule has 2 fully saturated rings. The minimum Gasteiger partial charge on any atom is -0.439 e. The highest BCUT2D eigenvalue weighted by Gasteiger charge is 2.37. The van der Waals surface area contributed by atoms with Crippen molar-refractivity contribution >= 4 is 17.9 Å². The summed E-state index contributed by atoms with van der Waals surface area (Å²) in [6.45, 7) is 2.24. The average Bonchev–Trinajstić information content (AvgIpc) is 3.10. The van der Waals surface area contributed by atoms with E-state index in [4.69, 9.17) is 15.1 Å². The van der Waals surface area contributed by atoms with Crippen LogP contribution in [0.5, 0.6) is 0 Å². The molecule has 0 radical (unpaired) electrons. The first-order valence-corrected chi connectivity index (χ1v) is 9.65. The second-order valence-corrected chi connectivity index (χ2v) is 7.55. The summed E-state index contributed by atoms with van der Waals surface area (Å²) >= 11 is 0. The van der Waals surface area contributed by atoms with Crippen LogP contribution in [0, 0.1) is 11.3 Å². The highest BCUT2D eigenvalue weighted by Crippen LogP contribution is 2.23. The van der Waals surface area contributed by atoms with Gasteiger partial charge in [-0.2, -0.15) is 5.26 Å². The van der Waals surface area contributed by atoms with E-state index in [0.717, 1.165) is 0 Å². The van der Waals surface area contributed by atoms with Gasteiger partial charge in [0.25, 0.3) is 5.91 Å². The number of aliphatic hydroxyl groups excluding tert-OH is 1. The van der Waals surface area contributed by atoms with Gasteiger partial charge in [-0.3, -0.25) is 9.59 Å². The van der Waals surface area contributed by atoms with Gasteiger partial charge in [-0.25, -0.2) is 9.18 Å². The van der Waals surface area contributed by atoms with Crippen LogP contribution in [0.2, 0.25) is 0 Å². The lowest BCUT2D eigenvalue weighted by Gasteiger charge is -2.40. The molecule has 0 spiro atoms. The van der Waals surface area contributed by atoms with Gasteiger partial charge in [0.15, 0.2) is 6.61 Å². The number of amides is 3. The maximum Gasteiger partial charge on any atom is 0.407 e. The number of halogens is 1. The summed E-state index contributed by atoms with van der Waals surface area (Å²) in [4.78, 5) is 38.7. The van der Waals surface area contributed by atoms with E-state index in [1.165, 1.54) is 4.90 Å². The van der Waals surface area contributed by atoms with Crippen molar-refractivity contribution in [3.05, 3.63) is 0 Å². The van der Waals surface area contributed by atoms with E-state index in [2.05, 4.69) is 10.6 Å². The summed E-state index contributed by atoms with van der Waals surface area (Å²) in [5.74, 6) is -0.621. The Morgan fingerprint density at radius 1 is 1.31 bits per heavy atom. The molecule has 0 aromatic rings. The molecule has 11 heteroatoms. The molecule has 0 aromatic heterocycles. The molecular weight excluding hydrogens is 385 g/mol. The third kappa shape index (κ3) is 6.54. The van der Waals surface area contributed by atoms with Crippen LogP contribution in [-0.4, -0.2) is 96.5 Å². The molecule has 162 valence electrons. The SMILES string of the molecule is CC1(NCC(=O)N2C[C@@H](F)C[C@H]2C#N)CCN(C(=O)COC(=O)NCCO)CC1. The molecule has 29 heavy (non-hydrogen) atoms. The normalized spacial score (nSPS) is 23.4. The lowest BCUT2D eigenvalue weighted by Crippen LogP contribution is -2.55. The minimum absolute atomic E-state index is 0.00346. The van der Waals surface area contributed by atoms with Gasteiger partial charge in [-0.05, 0) is 19.8 Å². The number of alkyl carbamates (subject to hydrolysis) is 1. The highest BCUT2D eigenvalue weighted by molar-refractivity contribution is 5.80. The maximum absolute atomic E-state index is 13.5. The molecule has 3 amide bonds. The van der Waals surface area contributed by atoms with Gasteiger partial charge >= 0.3 is 6.09 Å². The molecule has 2 rings (SSSR count). The number of nitriles is 1. The average molecular weight is 413 g/mol. The molecule has 0 saturated carbocycles. The van der Waals surface area contributed by atoms with E-state index >= 15 is 0 Å². The molecule has 10 nitrogen and oxygen atoms in total. The van der Waals surface area contributed by atoms with Gasteiger partial charge in [0.2, 0.25) is 5.91 Å². The molecule has 0 aromatic carbocycles. The van der Waals surface area contributed by atoms with Crippen molar-refractivity contribution in [2.24, 2.45) is 0 Å². The zero-order valence-corrected chi connectivity index (χ0v) is 16.5. The quantitative estimate of drug-likeness (QED) is 0.494. The molecule has 2 saturated heterocycles. The summed E-state index contributed by atoms with van der Waals surface area (Å²) in [6.07, 6.45) is -0.688. The van der Waals surface area contributed by atoms with Gasteiger partial charge in [0, 0.05) is 31.6 Å². The molecule has 2 aliphatic rings. The van der Waals surface area contributed by atoms with Crippen LogP contribution in [-0.2, 0) is 14.3 Å². The molecule has 2 heterocycles. The lowest BCUT2D eigenvalue weighted by molar-refractivity contribution is -0.136. The van der Waals surface area contributed by atoms with Gasteiger partial charge in [-0.15, -0.1) is 0 Å². The number of hydrogen-bond donors (Lipinski definition) is 3. The monoisotopic (exact) mass is 413 g/mol. The second kappa shape index (κ2) is 10.4. The highest BCUT2D eigenvalue weighted by atomic mass is 19.1. The van der Waals surface area contributed by atoms with Crippen LogP contribution < -0.4 is 10.6 Å². The standard InChI is InChI=1S/C18H28FN5O5/c1-18(22-10-15(26)24-11-13(19)8-14(24)9-20)2-5-23(6-3-18)16(27)12-29-17(28)21-4-7-25/h13-14,22,25H,2-8,10-12H2,1H3,(H,21,28)/t13-,14-/m0/s1. The number of nitrogens with one attached hydrogen (secondary N) is 2. The van der Waals surface area contributed by atoms with Crippen molar-refractivity contribution in [2.45, 2.75) is 43.9 Å². The van der Waals surface area contributed by atoms with Crippen molar-refractivity contribution < 1.29 is 28.6 Å². The molecule has 0 unspecified atom stereocenters. The van der Waals surface area contributed by atoms with E-state index in [1.54, 1.807) is 4.90 Å². The number of ether oxygens (including phenoxy) is 1. The Morgan fingerprint density at radius 3 is 2.62 bits per heavy atom. The number of carbonyl (C=O) groups excluding carboxylic acids is 3. The summed E-state index contributed by atoms with van der Waals surface area (Å²) < 4.78 is 18.3. The summed E-state index contributed by atoms with van der Waals surface area (Å²) in [5, 5.41) is 23.2. The fraction of sp³-hybridized carbons (Fsp3) is 0.778. The van der Waals surface area contributed by atoms with E-state index in [9.17, 15) is 18.8 Å². The Labute approximate surface area is 169 Å². The Morgan fingerprint density at radius 2 is 2.00 bits per heavy atom. The van der Waals surface area contributed by atoms with Crippen LogP contribution >= 0.6 is 0 Å². The first kappa shape index (κ1) is 22.8. The van der Waals surface area contributed by atoms with Crippen LogP contribution in [0.3, 0.4) is 0 Å². The number of likely N-dealkylation sites (tertiary alicyclic amines) is 2. The smallest absolute Gasteiger partial charge is 0.407 e. The molecule has 3 N–H and O–H groups in total. The number of rotatable bonds is 7. The first-order chi connectivity index (χ1) is 13.8. The lowest BCUT2D eigenvalue weighted by atomic mass is 9.89. The second-order valence-electron chi connectivity index (χ2n) is 7.55. The Kier molecular flexibility index (Phi) is 8.16. The molecule has 0 aliphatic carbocycles. The van der Waals surface area contributed by atoms with E-state index in [0.29, 0.717) is 25.9 Å². The van der Waals surface area contributed by atoms with Gasteiger partial charge in [0.1, 0.15) is 12.2 Å². The molecule has 2 aliphatic heterocycles. The van der Waals surface area contributed by atoms with Crippen LogP contribution in [0.15, 0.2) is 0 Å². The Balaban J connectivity index is 1.73. The summed E-state index contributed by atoms with van der Waals surface area (Å²) in [7, 11) is 0. The van der Waals surface area contributed by atoms with Crippen molar-refractivity contribution in [1.29, 1.82) is 5.26 Å². The predicted molar refractivity (Wildman–Crippen MR) is 99.3 cm³/mol. The number of nitrogens with zero attached hydrogens (tertiary/aromatic N) is 3. The predicted octanol–water partition coefficient (Wildman–Crippen LogP) is -0.862. The minimum atomic E-state index is -1.17. The summed E-state index contributed by atoms with van der Waals surface area (Å²) in [5.41, 5.74) is -0.372. The largest absolute Gasteiger partial charge is 0.439 e. The number of alkyl halides is 1. The molecular formula is C18H28FN5O5. The Hall–Kier alpha value is -2.45. The number of carbonyl (C=O) groups is 3. The summed E-state index contributed by atoms with van der Waals surface area (Å²) in [6, 6.07) is 1.24.